The van der Waals surface area contributed by atoms with Crippen molar-refractivity contribution in [3.05, 3.63) is 18.2 Å². The zero-order chi connectivity index (χ0) is 13.9. The molecule has 110 valence electrons. The molecule has 2 unspecified atom stereocenters. The molecule has 1 aliphatic heterocycles. The van der Waals surface area contributed by atoms with E-state index in [2.05, 4.69) is 24.0 Å². The summed E-state index contributed by atoms with van der Waals surface area (Å²) < 4.78 is 11.6. The molecular formula is C16H24N2O2. The Hall–Kier alpha value is -1.42. The molecule has 0 amide bonds. The lowest BCUT2D eigenvalue weighted by atomic mass is 10.1. The molecule has 2 fully saturated rings. The minimum absolute atomic E-state index is 0.394. The molecule has 0 spiro atoms. The Bertz CT molecular complexity index is 464. The number of nitrogens with zero attached hydrogens (tertiary/aromatic N) is 1. The third-order valence-electron chi connectivity index (χ3n) is 4.20. The molecule has 1 aromatic rings. The molecule has 3 rings (SSSR count). The second kappa shape index (κ2) is 5.92. The molecule has 1 saturated heterocycles. The minimum Gasteiger partial charge on any atom is -0.493 e. The first-order valence-corrected chi connectivity index (χ1v) is 7.69. The monoisotopic (exact) mass is 276 g/mol. The number of fused-ring (bicyclic) bond motifs is 1. The van der Waals surface area contributed by atoms with Crippen LogP contribution in [0, 0.1) is 0 Å². The third-order valence-corrected chi connectivity index (χ3v) is 4.20. The topological polar surface area (TPSA) is 47.7 Å². The van der Waals surface area contributed by atoms with Gasteiger partial charge in [-0.05, 0) is 31.7 Å². The molecule has 0 aromatic heterocycles. The van der Waals surface area contributed by atoms with Crippen molar-refractivity contribution < 1.29 is 9.47 Å². The maximum Gasteiger partial charge on any atom is 0.123 e. The molecule has 1 aliphatic carbocycles. The summed E-state index contributed by atoms with van der Waals surface area (Å²) in [6.07, 6.45) is 5.05. The fraction of sp³-hybridized carbons (Fsp3) is 0.625. The molecule has 4 nitrogen and oxygen atoms in total. The van der Waals surface area contributed by atoms with E-state index in [-0.39, 0.29) is 0 Å². The van der Waals surface area contributed by atoms with Crippen LogP contribution in [-0.2, 0) is 4.74 Å². The Morgan fingerprint density at radius 1 is 1.35 bits per heavy atom. The van der Waals surface area contributed by atoms with Crippen LogP contribution in [0.25, 0.3) is 0 Å². The van der Waals surface area contributed by atoms with Crippen molar-refractivity contribution in [2.24, 2.45) is 0 Å². The highest BCUT2D eigenvalue weighted by molar-refractivity contribution is 5.61. The Balaban J connectivity index is 1.82. The fourth-order valence-corrected chi connectivity index (χ4v) is 3.32. The first kappa shape index (κ1) is 13.6. The van der Waals surface area contributed by atoms with E-state index in [9.17, 15) is 0 Å². The maximum absolute atomic E-state index is 6.04. The summed E-state index contributed by atoms with van der Waals surface area (Å²) in [7, 11) is 0. The average molecular weight is 276 g/mol. The maximum atomic E-state index is 6.04. The summed E-state index contributed by atoms with van der Waals surface area (Å²) in [5, 5.41) is 0. The molecule has 0 bridgehead atoms. The van der Waals surface area contributed by atoms with Crippen molar-refractivity contribution in [2.75, 3.05) is 30.4 Å². The second-order valence-electron chi connectivity index (χ2n) is 5.71. The lowest BCUT2D eigenvalue weighted by molar-refractivity contribution is 0.0256. The lowest BCUT2D eigenvalue weighted by Gasteiger charge is -2.39. The van der Waals surface area contributed by atoms with Crippen LogP contribution in [0.4, 0.5) is 11.4 Å². The minimum atomic E-state index is 0.394. The second-order valence-corrected chi connectivity index (χ2v) is 5.71. The lowest BCUT2D eigenvalue weighted by Crippen LogP contribution is -2.48. The smallest absolute Gasteiger partial charge is 0.123 e. The quantitative estimate of drug-likeness (QED) is 0.859. The number of nitrogens with two attached hydrogens (primary N) is 1. The van der Waals surface area contributed by atoms with E-state index in [0.29, 0.717) is 12.1 Å². The molecular weight excluding hydrogens is 252 g/mol. The number of rotatable bonds is 4. The Kier molecular flexibility index (Phi) is 4.01. The van der Waals surface area contributed by atoms with Gasteiger partial charge in [-0.2, -0.15) is 0 Å². The van der Waals surface area contributed by atoms with E-state index in [1.54, 1.807) is 0 Å². The van der Waals surface area contributed by atoms with E-state index < -0.39 is 0 Å². The number of hydrogen-bond donors (Lipinski definition) is 1. The standard InChI is InChI=1S/C16H24N2O2/c1-2-7-19-14-10-12(17)9-13(11-14)18-6-8-20-16-5-3-4-15(16)18/h9-11,15-16H,2-8,17H2,1H3. The van der Waals surface area contributed by atoms with Crippen molar-refractivity contribution >= 4 is 11.4 Å². The van der Waals surface area contributed by atoms with Gasteiger partial charge in [0, 0.05) is 30.1 Å². The molecule has 2 aliphatic rings. The van der Waals surface area contributed by atoms with Crippen LogP contribution in [0.1, 0.15) is 32.6 Å². The summed E-state index contributed by atoms with van der Waals surface area (Å²) in [6.45, 7) is 4.59. The van der Waals surface area contributed by atoms with Crippen molar-refractivity contribution in [3.8, 4) is 5.75 Å². The van der Waals surface area contributed by atoms with Crippen molar-refractivity contribution in [1.29, 1.82) is 0 Å². The molecule has 20 heavy (non-hydrogen) atoms. The Labute approximate surface area is 120 Å². The molecule has 2 atom stereocenters. The van der Waals surface area contributed by atoms with Gasteiger partial charge in [0.1, 0.15) is 5.75 Å². The number of nitrogen functional groups attached to an aromatic ring is 1. The van der Waals surface area contributed by atoms with E-state index >= 15 is 0 Å². The number of hydrogen-bond acceptors (Lipinski definition) is 4. The van der Waals surface area contributed by atoms with Crippen LogP contribution in [0.15, 0.2) is 18.2 Å². The number of anilines is 2. The summed E-state index contributed by atoms with van der Waals surface area (Å²) >= 11 is 0. The van der Waals surface area contributed by atoms with Crippen LogP contribution in [-0.4, -0.2) is 31.9 Å². The van der Waals surface area contributed by atoms with Crippen LogP contribution >= 0.6 is 0 Å². The third kappa shape index (κ3) is 2.70. The van der Waals surface area contributed by atoms with E-state index in [0.717, 1.165) is 37.6 Å². The first-order valence-electron chi connectivity index (χ1n) is 7.69. The van der Waals surface area contributed by atoms with Crippen molar-refractivity contribution in [3.63, 3.8) is 0 Å². The van der Waals surface area contributed by atoms with E-state index in [1.165, 1.54) is 24.9 Å². The molecule has 1 saturated carbocycles. The van der Waals surface area contributed by atoms with Crippen LogP contribution < -0.4 is 15.4 Å². The molecule has 1 heterocycles. The van der Waals surface area contributed by atoms with Gasteiger partial charge in [-0.25, -0.2) is 0 Å². The van der Waals surface area contributed by atoms with Crippen LogP contribution in [0.3, 0.4) is 0 Å². The first-order chi connectivity index (χ1) is 9.78. The number of ether oxygens (including phenoxy) is 2. The summed E-state index contributed by atoms with van der Waals surface area (Å²) in [6, 6.07) is 6.59. The molecule has 0 radical (unpaired) electrons. The van der Waals surface area contributed by atoms with E-state index in [1.807, 2.05) is 6.07 Å². The van der Waals surface area contributed by atoms with Gasteiger partial charge in [0.25, 0.3) is 0 Å². The van der Waals surface area contributed by atoms with Crippen LogP contribution in [0.2, 0.25) is 0 Å². The van der Waals surface area contributed by atoms with Crippen molar-refractivity contribution in [1.82, 2.24) is 0 Å². The predicted molar refractivity (Wildman–Crippen MR) is 81.4 cm³/mol. The van der Waals surface area contributed by atoms with Gasteiger partial charge in [-0.3, -0.25) is 0 Å². The fourth-order valence-electron chi connectivity index (χ4n) is 3.32. The summed E-state index contributed by atoms with van der Waals surface area (Å²) in [4.78, 5) is 2.45. The van der Waals surface area contributed by atoms with Crippen LogP contribution in [0.5, 0.6) is 5.75 Å². The van der Waals surface area contributed by atoms with Gasteiger partial charge >= 0.3 is 0 Å². The van der Waals surface area contributed by atoms with Gasteiger partial charge in [-0.15, -0.1) is 0 Å². The highest BCUT2D eigenvalue weighted by Gasteiger charge is 2.36. The zero-order valence-corrected chi connectivity index (χ0v) is 12.2. The van der Waals surface area contributed by atoms with Gasteiger partial charge in [0.05, 0.1) is 25.4 Å². The number of morpholine rings is 1. The summed E-state index contributed by atoms with van der Waals surface area (Å²) in [5.41, 5.74) is 7.99. The number of benzene rings is 1. The van der Waals surface area contributed by atoms with E-state index in [4.69, 9.17) is 15.2 Å². The highest BCUT2D eigenvalue weighted by atomic mass is 16.5. The Morgan fingerprint density at radius 2 is 2.25 bits per heavy atom. The van der Waals surface area contributed by atoms with Gasteiger partial charge < -0.3 is 20.1 Å². The predicted octanol–water partition coefficient (Wildman–Crippen LogP) is 2.82. The van der Waals surface area contributed by atoms with Gasteiger partial charge in [0.15, 0.2) is 0 Å². The summed E-state index contributed by atoms with van der Waals surface area (Å²) in [5.74, 6) is 0.878. The molecule has 4 heteroatoms. The molecule has 1 aromatic carbocycles. The molecule has 2 N–H and O–H groups in total. The zero-order valence-electron chi connectivity index (χ0n) is 12.2. The van der Waals surface area contributed by atoms with Crippen molar-refractivity contribution in [2.45, 2.75) is 44.8 Å². The normalized spacial score (nSPS) is 25.6. The largest absolute Gasteiger partial charge is 0.493 e. The average Bonchev–Trinajstić information content (AvgIpc) is 2.92. The highest BCUT2D eigenvalue weighted by Crippen LogP contribution is 2.35. The van der Waals surface area contributed by atoms with Gasteiger partial charge in [-0.1, -0.05) is 6.92 Å². The van der Waals surface area contributed by atoms with Gasteiger partial charge in [0.2, 0.25) is 0 Å². The SMILES string of the molecule is CCCOc1cc(N)cc(N2CCOC3CCCC32)c1. The Morgan fingerprint density at radius 3 is 3.10 bits per heavy atom.